The lowest BCUT2D eigenvalue weighted by molar-refractivity contribution is -0.113. The molecular weight excluding hydrogens is 401 g/mol. The first-order valence-electron chi connectivity index (χ1n) is 7.20. The molecular formula is C16H13Cl2N3O2S2. The molecule has 5 nitrogen and oxygen atoms in total. The SMILES string of the molecule is Cc1cc2c(=O)n(C)c(SCC(=O)Nc3ccc(Cl)c(Cl)c3)nc2s1. The van der Waals surface area contributed by atoms with Crippen molar-refractivity contribution in [1.29, 1.82) is 0 Å². The number of carbonyl (C=O) groups excluding carboxylic acids is 1. The van der Waals surface area contributed by atoms with E-state index in [2.05, 4.69) is 10.3 Å². The normalized spacial score (nSPS) is 11.0. The van der Waals surface area contributed by atoms with E-state index in [9.17, 15) is 9.59 Å². The summed E-state index contributed by atoms with van der Waals surface area (Å²) >= 11 is 14.5. The summed E-state index contributed by atoms with van der Waals surface area (Å²) in [7, 11) is 1.65. The highest BCUT2D eigenvalue weighted by Gasteiger charge is 2.13. The van der Waals surface area contributed by atoms with E-state index in [0.29, 0.717) is 31.1 Å². The van der Waals surface area contributed by atoms with Crippen LogP contribution in [0.1, 0.15) is 4.88 Å². The van der Waals surface area contributed by atoms with Gasteiger partial charge in [0, 0.05) is 17.6 Å². The fraction of sp³-hybridized carbons (Fsp3) is 0.188. The molecule has 25 heavy (non-hydrogen) atoms. The second-order valence-corrected chi connectivity index (χ2v) is 8.29. The van der Waals surface area contributed by atoms with Crippen LogP contribution in [0.5, 0.6) is 0 Å². The van der Waals surface area contributed by atoms with Crippen molar-refractivity contribution >= 4 is 68.1 Å². The summed E-state index contributed by atoms with van der Waals surface area (Å²) < 4.78 is 1.46. The Bertz CT molecular complexity index is 1030. The third-order valence-corrected chi connectivity index (χ3v) is 6.10. The zero-order valence-electron chi connectivity index (χ0n) is 13.3. The molecule has 1 N–H and O–H groups in total. The molecule has 1 aromatic carbocycles. The average molecular weight is 414 g/mol. The molecule has 0 unspecified atom stereocenters. The van der Waals surface area contributed by atoms with Crippen LogP contribution in [0.3, 0.4) is 0 Å². The number of fused-ring (bicyclic) bond motifs is 1. The molecule has 3 aromatic rings. The van der Waals surface area contributed by atoms with Crippen LogP contribution < -0.4 is 10.9 Å². The Morgan fingerprint density at radius 2 is 2.08 bits per heavy atom. The molecule has 0 saturated carbocycles. The maximum atomic E-state index is 12.4. The highest BCUT2D eigenvalue weighted by Crippen LogP contribution is 2.26. The lowest BCUT2D eigenvalue weighted by Gasteiger charge is -2.08. The van der Waals surface area contributed by atoms with Crippen molar-refractivity contribution in [1.82, 2.24) is 9.55 Å². The number of carbonyl (C=O) groups is 1. The summed E-state index contributed by atoms with van der Waals surface area (Å²) in [6, 6.07) is 6.71. The molecule has 0 spiro atoms. The summed E-state index contributed by atoms with van der Waals surface area (Å²) in [5.74, 6) is -0.101. The number of thiophene rings is 1. The summed E-state index contributed by atoms with van der Waals surface area (Å²) in [5.41, 5.74) is 0.452. The van der Waals surface area contributed by atoms with Crippen molar-refractivity contribution in [3.8, 4) is 0 Å². The molecule has 130 valence electrons. The molecule has 0 bridgehead atoms. The molecule has 0 aliphatic rings. The highest BCUT2D eigenvalue weighted by atomic mass is 35.5. The van der Waals surface area contributed by atoms with E-state index in [-0.39, 0.29) is 17.2 Å². The molecule has 9 heteroatoms. The second kappa shape index (κ2) is 7.37. The third-order valence-electron chi connectivity index (χ3n) is 3.39. The van der Waals surface area contributed by atoms with E-state index in [1.54, 1.807) is 25.2 Å². The van der Waals surface area contributed by atoms with E-state index in [1.807, 2.05) is 13.0 Å². The van der Waals surface area contributed by atoms with E-state index >= 15 is 0 Å². The summed E-state index contributed by atoms with van der Waals surface area (Å²) in [6.07, 6.45) is 0. The van der Waals surface area contributed by atoms with Crippen LogP contribution in [0.15, 0.2) is 34.2 Å². The number of halogens is 2. The number of benzene rings is 1. The van der Waals surface area contributed by atoms with Crippen molar-refractivity contribution < 1.29 is 4.79 Å². The number of nitrogens with one attached hydrogen (secondary N) is 1. The largest absolute Gasteiger partial charge is 0.325 e. The number of aryl methyl sites for hydroxylation is 1. The van der Waals surface area contributed by atoms with Crippen LogP contribution in [0, 0.1) is 6.92 Å². The predicted octanol–water partition coefficient (Wildman–Crippen LogP) is 4.34. The van der Waals surface area contributed by atoms with Crippen molar-refractivity contribution in [2.45, 2.75) is 12.1 Å². The second-order valence-electron chi connectivity index (χ2n) is 5.30. The molecule has 0 saturated heterocycles. The topological polar surface area (TPSA) is 64.0 Å². The average Bonchev–Trinajstić information content (AvgIpc) is 2.94. The van der Waals surface area contributed by atoms with Gasteiger partial charge in [-0.15, -0.1) is 11.3 Å². The summed E-state index contributed by atoms with van der Waals surface area (Å²) in [4.78, 5) is 30.7. The molecule has 0 radical (unpaired) electrons. The highest BCUT2D eigenvalue weighted by molar-refractivity contribution is 7.99. The van der Waals surface area contributed by atoms with Gasteiger partial charge in [0.2, 0.25) is 5.91 Å². The van der Waals surface area contributed by atoms with E-state index in [0.717, 1.165) is 4.88 Å². The Hall–Kier alpha value is -1.54. The number of rotatable bonds is 4. The fourth-order valence-corrected chi connectivity index (χ4v) is 4.19. The minimum absolute atomic E-state index is 0.109. The first-order valence-corrected chi connectivity index (χ1v) is 9.76. The van der Waals surface area contributed by atoms with Gasteiger partial charge in [-0.2, -0.15) is 0 Å². The fourth-order valence-electron chi connectivity index (χ4n) is 2.20. The van der Waals surface area contributed by atoms with Crippen LogP contribution in [-0.2, 0) is 11.8 Å². The van der Waals surface area contributed by atoms with Gasteiger partial charge < -0.3 is 5.32 Å². The minimum Gasteiger partial charge on any atom is -0.325 e. The van der Waals surface area contributed by atoms with Gasteiger partial charge in [-0.05, 0) is 31.2 Å². The third kappa shape index (κ3) is 4.00. The number of hydrogen-bond donors (Lipinski definition) is 1. The maximum Gasteiger partial charge on any atom is 0.262 e. The van der Waals surface area contributed by atoms with Gasteiger partial charge in [-0.3, -0.25) is 14.2 Å². The first kappa shape index (κ1) is 18.3. The molecule has 0 aliphatic heterocycles. The summed E-state index contributed by atoms with van der Waals surface area (Å²) in [6.45, 7) is 1.93. The van der Waals surface area contributed by atoms with Gasteiger partial charge in [0.05, 0.1) is 21.2 Å². The van der Waals surface area contributed by atoms with E-state index in [1.165, 1.54) is 27.7 Å². The zero-order valence-corrected chi connectivity index (χ0v) is 16.4. The van der Waals surface area contributed by atoms with Gasteiger partial charge in [-0.25, -0.2) is 4.98 Å². The van der Waals surface area contributed by atoms with Crippen LogP contribution >= 0.6 is 46.3 Å². The number of nitrogens with zero attached hydrogens (tertiary/aromatic N) is 2. The predicted molar refractivity (Wildman–Crippen MR) is 105 cm³/mol. The van der Waals surface area contributed by atoms with Crippen LogP contribution in [0.25, 0.3) is 10.2 Å². The Morgan fingerprint density at radius 1 is 1.32 bits per heavy atom. The first-order chi connectivity index (χ1) is 11.8. The molecule has 0 atom stereocenters. The number of thioether (sulfide) groups is 1. The molecule has 0 fully saturated rings. The molecule has 2 aromatic heterocycles. The van der Waals surface area contributed by atoms with Crippen molar-refractivity contribution in [2.24, 2.45) is 7.05 Å². The standard InChI is InChI=1S/C16H13Cl2N3O2S2/c1-8-5-10-14(25-8)20-16(21(2)15(10)23)24-7-13(22)19-9-3-4-11(17)12(18)6-9/h3-6H,7H2,1-2H3,(H,19,22). The number of anilines is 1. The van der Waals surface area contributed by atoms with Gasteiger partial charge in [0.1, 0.15) is 4.83 Å². The van der Waals surface area contributed by atoms with Crippen molar-refractivity contribution in [2.75, 3.05) is 11.1 Å². The van der Waals surface area contributed by atoms with Crippen LogP contribution in [0.4, 0.5) is 5.69 Å². The van der Waals surface area contributed by atoms with Gasteiger partial charge in [0.25, 0.3) is 5.56 Å². The number of hydrogen-bond acceptors (Lipinski definition) is 5. The molecule has 3 rings (SSSR count). The Balaban J connectivity index is 1.73. The number of amides is 1. The van der Waals surface area contributed by atoms with E-state index in [4.69, 9.17) is 23.2 Å². The van der Waals surface area contributed by atoms with Crippen molar-refractivity contribution in [3.05, 3.63) is 49.5 Å². The molecule has 0 aliphatic carbocycles. The zero-order chi connectivity index (χ0) is 18.1. The lowest BCUT2D eigenvalue weighted by Crippen LogP contribution is -2.20. The number of aromatic nitrogens is 2. The minimum atomic E-state index is -0.222. The van der Waals surface area contributed by atoms with E-state index < -0.39 is 0 Å². The van der Waals surface area contributed by atoms with Crippen molar-refractivity contribution in [3.63, 3.8) is 0 Å². The summed E-state index contributed by atoms with van der Waals surface area (Å²) in [5, 5.41) is 4.64. The Kier molecular flexibility index (Phi) is 5.38. The smallest absolute Gasteiger partial charge is 0.262 e. The monoisotopic (exact) mass is 413 g/mol. The van der Waals surface area contributed by atoms with Crippen LogP contribution in [0.2, 0.25) is 10.0 Å². The Morgan fingerprint density at radius 3 is 2.80 bits per heavy atom. The van der Waals surface area contributed by atoms with Gasteiger partial charge in [-0.1, -0.05) is 35.0 Å². The molecule has 1 amide bonds. The maximum absolute atomic E-state index is 12.4. The molecule has 2 heterocycles. The quantitative estimate of drug-likeness (QED) is 0.510. The lowest BCUT2D eigenvalue weighted by atomic mass is 10.3. The van der Waals surface area contributed by atoms with Gasteiger partial charge >= 0.3 is 0 Å². The Labute approximate surface area is 162 Å². The van der Waals surface area contributed by atoms with Crippen LogP contribution in [-0.4, -0.2) is 21.2 Å². The van der Waals surface area contributed by atoms with Gasteiger partial charge in [0.15, 0.2) is 5.16 Å².